The van der Waals surface area contributed by atoms with Gasteiger partial charge in [0.25, 0.3) is 11.8 Å². The van der Waals surface area contributed by atoms with Gasteiger partial charge in [-0.15, -0.1) is 11.5 Å². The van der Waals surface area contributed by atoms with E-state index in [0.29, 0.717) is 22.7 Å². The highest BCUT2D eigenvalue weighted by atomic mass is 16.2. The third kappa shape index (κ3) is 3.89. The van der Waals surface area contributed by atoms with Crippen LogP contribution in [0.3, 0.4) is 0 Å². The molecule has 0 radical (unpaired) electrons. The number of rotatable bonds is 5. The van der Waals surface area contributed by atoms with Gasteiger partial charge in [0.05, 0.1) is 23.7 Å². The summed E-state index contributed by atoms with van der Waals surface area (Å²) in [4.78, 5) is 35.9. The summed E-state index contributed by atoms with van der Waals surface area (Å²) in [7, 11) is 0. The maximum atomic E-state index is 13.6. The van der Waals surface area contributed by atoms with Crippen molar-refractivity contribution in [2.45, 2.75) is 19.0 Å². The Morgan fingerprint density at radius 2 is 2.06 bits per heavy atom. The quantitative estimate of drug-likeness (QED) is 0.492. The number of nitrogens with zero attached hydrogens (tertiary/aromatic N) is 5. The second-order valence-corrected chi connectivity index (χ2v) is 8.10. The van der Waals surface area contributed by atoms with Crippen LogP contribution >= 0.6 is 0 Å². The molecule has 0 fully saturated rings. The van der Waals surface area contributed by atoms with E-state index in [1.165, 1.54) is 9.52 Å². The van der Waals surface area contributed by atoms with Crippen molar-refractivity contribution in [3.05, 3.63) is 78.2 Å². The number of allylic oxidation sites excluding steroid dienone is 2. The van der Waals surface area contributed by atoms with Crippen LogP contribution in [0.2, 0.25) is 0 Å². The molecule has 0 saturated carbocycles. The molecule has 1 aliphatic heterocycles. The van der Waals surface area contributed by atoms with E-state index in [-0.39, 0.29) is 17.3 Å². The third-order valence-electron chi connectivity index (χ3n) is 5.82. The van der Waals surface area contributed by atoms with Crippen molar-refractivity contribution in [1.29, 1.82) is 0 Å². The highest BCUT2D eigenvalue weighted by molar-refractivity contribution is 6.10. The number of benzene rings is 1. The summed E-state index contributed by atoms with van der Waals surface area (Å²) in [5.41, 5.74) is 10.8. The highest BCUT2D eigenvalue weighted by Gasteiger charge is 2.42. The first-order valence-electron chi connectivity index (χ1n) is 11.0. The molecule has 3 atom stereocenters. The summed E-state index contributed by atoms with van der Waals surface area (Å²) in [5, 5.41) is 8.38. The van der Waals surface area contributed by atoms with Gasteiger partial charge < -0.3 is 11.1 Å². The number of amides is 2. The number of aromatic nitrogens is 3. The summed E-state index contributed by atoms with van der Waals surface area (Å²) in [6.45, 7) is 1.74. The van der Waals surface area contributed by atoms with E-state index in [1.54, 1.807) is 37.5 Å². The molecule has 10 heteroatoms. The number of amidine groups is 1. The predicted octanol–water partition coefficient (Wildman–Crippen LogP) is 1.81. The zero-order valence-electron chi connectivity index (χ0n) is 18.8. The number of nitrogens with two attached hydrogens (primary N) is 1. The third-order valence-corrected chi connectivity index (χ3v) is 5.82. The summed E-state index contributed by atoms with van der Waals surface area (Å²) in [6, 6.07) is 9.75. The molecule has 35 heavy (non-hydrogen) atoms. The molecule has 2 aromatic heterocycles. The SMILES string of the molecule is C#CC1=CC=CC2N=C([C@@H](C)NC(=O)c3c(N)nn4cccnc34)N(Nc3ccccc3)C(=O)C12. The monoisotopic (exact) mass is 466 g/mol. The van der Waals surface area contributed by atoms with Crippen molar-refractivity contribution in [3.63, 3.8) is 0 Å². The smallest absolute Gasteiger partial charge is 0.259 e. The Kier molecular flexibility index (Phi) is 5.51. The largest absolute Gasteiger partial charge is 0.381 e. The maximum absolute atomic E-state index is 13.6. The topological polar surface area (TPSA) is 130 Å². The number of hydrogen-bond donors (Lipinski definition) is 3. The number of aliphatic imine (C=N–C) groups is 1. The normalized spacial score (nSPS) is 19.9. The molecule has 0 bridgehead atoms. The molecule has 174 valence electrons. The summed E-state index contributed by atoms with van der Waals surface area (Å²) >= 11 is 0. The molecule has 10 nitrogen and oxygen atoms in total. The van der Waals surface area contributed by atoms with Gasteiger partial charge in [-0.25, -0.2) is 14.5 Å². The van der Waals surface area contributed by atoms with Gasteiger partial charge in [0.2, 0.25) is 0 Å². The second-order valence-electron chi connectivity index (χ2n) is 8.10. The van der Waals surface area contributed by atoms with Crippen LogP contribution in [0.15, 0.2) is 77.6 Å². The summed E-state index contributed by atoms with van der Waals surface area (Å²) in [6.07, 6.45) is 14.2. The zero-order chi connectivity index (χ0) is 24.5. The van der Waals surface area contributed by atoms with Crippen molar-refractivity contribution < 1.29 is 9.59 Å². The van der Waals surface area contributed by atoms with Crippen LogP contribution in [-0.4, -0.2) is 49.3 Å². The van der Waals surface area contributed by atoms with Gasteiger partial charge in [0.1, 0.15) is 11.4 Å². The van der Waals surface area contributed by atoms with Crippen LogP contribution in [0.4, 0.5) is 11.5 Å². The number of para-hydroxylation sites is 1. The van der Waals surface area contributed by atoms with Crippen LogP contribution in [-0.2, 0) is 4.79 Å². The van der Waals surface area contributed by atoms with Gasteiger partial charge in [-0.05, 0) is 31.2 Å². The molecule has 5 rings (SSSR count). The van der Waals surface area contributed by atoms with Crippen LogP contribution in [0.5, 0.6) is 0 Å². The van der Waals surface area contributed by atoms with E-state index in [1.807, 2.05) is 36.4 Å². The number of anilines is 2. The fourth-order valence-corrected chi connectivity index (χ4v) is 4.18. The van der Waals surface area contributed by atoms with E-state index >= 15 is 0 Å². The lowest BCUT2D eigenvalue weighted by Gasteiger charge is -2.38. The average Bonchev–Trinajstić information content (AvgIpc) is 3.21. The van der Waals surface area contributed by atoms with E-state index in [4.69, 9.17) is 17.1 Å². The first kappa shape index (κ1) is 21.9. The molecule has 2 aliphatic rings. The molecule has 0 spiro atoms. The number of carbonyl (C=O) groups excluding carboxylic acids is 2. The predicted molar refractivity (Wildman–Crippen MR) is 132 cm³/mol. The standard InChI is InChI=1S/C25H22N8O2/c1-3-16-9-7-12-18-19(16)25(35)33(30-17-10-5-4-6-11-17)22(29-18)15(2)28-24(34)20-21(26)31-32-14-8-13-27-23(20)32/h1,4-15,18-19,30H,2H3,(H2,26,31)(H,28,34)/t15-,18?,19?/m1/s1. The summed E-state index contributed by atoms with van der Waals surface area (Å²) < 4.78 is 1.44. The lowest BCUT2D eigenvalue weighted by molar-refractivity contribution is -0.130. The van der Waals surface area contributed by atoms with Crippen LogP contribution in [0.1, 0.15) is 17.3 Å². The van der Waals surface area contributed by atoms with Crippen molar-refractivity contribution in [2.75, 3.05) is 11.2 Å². The van der Waals surface area contributed by atoms with Gasteiger partial charge in [0.15, 0.2) is 11.5 Å². The lowest BCUT2D eigenvalue weighted by Crippen LogP contribution is -2.58. The van der Waals surface area contributed by atoms with Gasteiger partial charge in [0, 0.05) is 18.0 Å². The minimum absolute atomic E-state index is 0.0494. The Hall–Kier alpha value is -4.91. The van der Waals surface area contributed by atoms with Crippen molar-refractivity contribution in [1.82, 2.24) is 24.9 Å². The molecule has 0 saturated heterocycles. The Morgan fingerprint density at radius 3 is 2.83 bits per heavy atom. The number of fused-ring (bicyclic) bond motifs is 2. The lowest BCUT2D eigenvalue weighted by atomic mass is 9.85. The number of terminal acetylenes is 1. The Morgan fingerprint density at radius 1 is 1.26 bits per heavy atom. The van der Waals surface area contributed by atoms with E-state index in [9.17, 15) is 9.59 Å². The number of carbonyl (C=O) groups is 2. The highest BCUT2D eigenvalue weighted by Crippen LogP contribution is 2.30. The second kappa shape index (κ2) is 8.79. The van der Waals surface area contributed by atoms with Crippen molar-refractivity contribution >= 4 is 34.8 Å². The van der Waals surface area contributed by atoms with Gasteiger partial charge in [-0.3, -0.25) is 20.0 Å². The average molecular weight is 467 g/mol. The van der Waals surface area contributed by atoms with E-state index in [0.717, 1.165) is 0 Å². The van der Waals surface area contributed by atoms with Crippen LogP contribution in [0, 0.1) is 18.3 Å². The maximum Gasteiger partial charge on any atom is 0.259 e. The number of hydrazine groups is 1. The first-order valence-corrected chi connectivity index (χ1v) is 11.0. The Balaban J connectivity index is 1.49. The van der Waals surface area contributed by atoms with E-state index in [2.05, 4.69) is 26.7 Å². The molecule has 2 amide bonds. The Labute approximate surface area is 201 Å². The van der Waals surface area contributed by atoms with E-state index < -0.39 is 23.9 Å². The Bertz CT molecular complexity index is 1450. The molecule has 2 unspecified atom stereocenters. The molecule has 3 aromatic rings. The number of hydrogen-bond acceptors (Lipinski definition) is 7. The van der Waals surface area contributed by atoms with Gasteiger partial charge in [-0.1, -0.05) is 36.3 Å². The number of nitrogens with one attached hydrogen (secondary N) is 2. The van der Waals surface area contributed by atoms with Crippen LogP contribution in [0.25, 0.3) is 5.65 Å². The molecule has 4 N–H and O–H groups in total. The molecule has 1 aromatic carbocycles. The molecule has 1 aliphatic carbocycles. The summed E-state index contributed by atoms with van der Waals surface area (Å²) in [5.74, 6) is 1.60. The zero-order valence-corrected chi connectivity index (χ0v) is 18.8. The van der Waals surface area contributed by atoms with Crippen molar-refractivity contribution in [3.8, 4) is 12.3 Å². The minimum atomic E-state index is -0.671. The van der Waals surface area contributed by atoms with Gasteiger partial charge >= 0.3 is 0 Å². The van der Waals surface area contributed by atoms with Gasteiger partial charge in [-0.2, -0.15) is 0 Å². The fraction of sp³-hybridized carbons (Fsp3) is 0.160. The molecular weight excluding hydrogens is 444 g/mol. The molecule has 3 heterocycles. The minimum Gasteiger partial charge on any atom is -0.381 e. The first-order chi connectivity index (χ1) is 17.0. The molecular formula is C25H22N8O2. The number of nitrogen functional groups attached to an aromatic ring is 1. The van der Waals surface area contributed by atoms with Crippen LogP contribution < -0.4 is 16.5 Å². The van der Waals surface area contributed by atoms with Crippen molar-refractivity contribution in [2.24, 2.45) is 10.9 Å². The fourth-order valence-electron chi connectivity index (χ4n) is 4.18.